The van der Waals surface area contributed by atoms with Crippen LogP contribution in [0.4, 0.5) is 0 Å². The first-order chi connectivity index (χ1) is 9.24. The van der Waals surface area contributed by atoms with E-state index in [1.165, 1.54) is 24.2 Å². The molecule has 104 valence electrons. The first-order valence-corrected chi connectivity index (χ1v) is 8.20. The molecule has 2 heterocycles. The summed E-state index contributed by atoms with van der Waals surface area (Å²) < 4.78 is 0.695. The van der Waals surface area contributed by atoms with Crippen LogP contribution >= 0.6 is 22.9 Å². The van der Waals surface area contributed by atoms with Crippen LogP contribution in [-0.4, -0.2) is 36.5 Å². The van der Waals surface area contributed by atoms with Crippen molar-refractivity contribution in [3.63, 3.8) is 0 Å². The summed E-state index contributed by atoms with van der Waals surface area (Å²) in [5.74, 6) is 0.833. The van der Waals surface area contributed by atoms with Gasteiger partial charge in [-0.2, -0.15) is 0 Å². The first-order valence-electron chi connectivity index (χ1n) is 7.01. The Morgan fingerprint density at radius 3 is 2.63 bits per heavy atom. The van der Waals surface area contributed by atoms with Gasteiger partial charge in [0.15, 0.2) is 0 Å². The van der Waals surface area contributed by atoms with Gasteiger partial charge in [-0.05, 0) is 56.8 Å². The molecule has 1 saturated carbocycles. The lowest BCUT2D eigenvalue weighted by Crippen LogP contribution is -2.40. The van der Waals surface area contributed by atoms with Gasteiger partial charge in [-0.15, -0.1) is 11.3 Å². The molecule has 1 saturated heterocycles. The van der Waals surface area contributed by atoms with Gasteiger partial charge in [-0.25, -0.2) is 0 Å². The van der Waals surface area contributed by atoms with Crippen molar-refractivity contribution in [1.29, 1.82) is 0 Å². The number of thiophene rings is 1. The molecule has 0 atom stereocenters. The number of hydrogen-bond acceptors (Lipinski definition) is 3. The Morgan fingerprint density at radius 1 is 1.32 bits per heavy atom. The third kappa shape index (κ3) is 3.30. The summed E-state index contributed by atoms with van der Waals surface area (Å²) in [5.41, 5.74) is 0. The lowest BCUT2D eigenvalue weighted by molar-refractivity contribution is 0.0706. The molecule has 0 radical (unpaired) electrons. The topological polar surface area (TPSA) is 32.3 Å². The highest BCUT2D eigenvalue weighted by molar-refractivity contribution is 7.17. The Kier molecular flexibility index (Phi) is 4.10. The van der Waals surface area contributed by atoms with E-state index in [-0.39, 0.29) is 5.91 Å². The van der Waals surface area contributed by atoms with Gasteiger partial charge in [0, 0.05) is 12.6 Å². The summed E-state index contributed by atoms with van der Waals surface area (Å²) >= 11 is 7.33. The molecule has 5 heteroatoms. The van der Waals surface area contributed by atoms with Crippen molar-refractivity contribution < 1.29 is 4.79 Å². The van der Waals surface area contributed by atoms with Crippen LogP contribution in [0.3, 0.4) is 0 Å². The number of amides is 1. The maximum absolute atomic E-state index is 12.6. The van der Waals surface area contributed by atoms with E-state index in [4.69, 9.17) is 11.6 Å². The van der Waals surface area contributed by atoms with Crippen LogP contribution in [0.5, 0.6) is 0 Å². The third-order valence-corrected chi connectivity index (χ3v) is 5.17. The van der Waals surface area contributed by atoms with Gasteiger partial charge in [0.2, 0.25) is 0 Å². The third-order valence-electron chi connectivity index (χ3n) is 3.95. The number of hydrogen-bond donors (Lipinski definition) is 1. The van der Waals surface area contributed by atoms with E-state index in [9.17, 15) is 4.79 Å². The largest absolute Gasteiger partial charge is 0.335 e. The summed E-state index contributed by atoms with van der Waals surface area (Å²) in [7, 11) is 0. The number of nitrogens with one attached hydrogen (secondary N) is 1. The van der Waals surface area contributed by atoms with Gasteiger partial charge in [-0.3, -0.25) is 4.79 Å². The van der Waals surface area contributed by atoms with Gasteiger partial charge in [0.1, 0.15) is 0 Å². The predicted octanol–water partition coefficient (Wildman–Crippen LogP) is 3.01. The van der Waals surface area contributed by atoms with Crippen LogP contribution in [-0.2, 0) is 0 Å². The molecule has 0 aromatic carbocycles. The molecule has 1 aliphatic heterocycles. The fourth-order valence-electron chi connectivity index (χ4n) is 2.70. The smallest absolute Gasteiger partial charge is 0.264 e. The van der Waals surface area contributed by atoms with Crippen molar-refractivity contribution in [3.05, 3.63) is 21.3 Å². The van der Waals surface area contributed by atoms with Crippen LogP contribution < -0.4 is 5.32 Å². The minimum Gasteiger partial charge on any atom is -0.335 e. The number of halogens is 1. The average Bonchev–Trinajstić information content (AvgIpc) is 3.18. The van der Waals surface area contributed by atoms with E-state index in [0.717, 1.165) is 37.4 Å². The van der Waals surface area contributed by atoms with Crippen LogP contribution in [0, 0.1) is 5.92 Å². The first kappa shape index (κ1) is 13.4. The molecule has 1 aromatic heterocycles. The molecule has 1 aliphatic carbocycles. The van der Waals surface area contributed by atoms with Crippen LogP contribution in [0.15, 0.2) is 12.1 Å². The van der Waals surface area contributed by atoms with Gasteiger partial charge in [0.05, 0.1) is 9.21 Å². The molecule has 1 N–H and O–H groups in total. The lowest BCUT2D eigenvalue weighted by atomic mass is 9.97. The van der Waals surface area contributed by atoms with Crippen molar-refractivity contribution in [2.24, 2.45) is 5.92 Å². The number of carbonyl (C=O) groups excluding carboxylic acids is 1. The Hall–Kier alpha value is -0.580. The zero-order valence-electron chi connectivity index (χ0n) is 10.9. The number of carbonyl (C=O) groups is 1. The van der Waals surface area contributed by atoms with Crippen LogP contribution in [0.2, 0.25) is 4.34 Å². The van der Waals surface area contributed by atoms with Crippen LogP contribution in [0.1, 0.15) is 35.4 Å². The number of piperidine rings is 1. The molecular formula is C14H19ClN2OS. The van der Waals surface area contributed by atoms with Crippen molar-refractivity contribution in [3.8, 4) is 0 Å². The van der Waals surface area contributed by atoms with Gasteiger partial charge < -0.3 is 10.2 Å². The number of rotatable bonds is 4. The minimum absolute atomic E-state index is 0.179. The summed E-state index contributed by atoms with van der Waals surface area (Å²) in [5, 5.41) is 3.38. The van der Waals surface area contributed by atoms with E-state index in [1.807, 2.05) is 12.1 Å². The lowest BCUT2D eigenvalue weighted by Gasteiger charge is -2.30. The van der Waals surface area contributed by atoms with Crippen molar-refractivity contribution in [2.75, 3.05) is 19.6 Å². The molecule has 2 fully saturated rings. The standard InChI is InChI=1S/C14H19ClN2OS/c15-13-4-3-12(19-13)14(18)17(11-1-2-11)9-10-5-7-16-8-6-10/h3-4,10-11,16H,1-2,5-9H2. The van der Waals surface area contributed by atoms with Crippen molar-refractivity contribution >= 4 is 28.8 Å². The normalized spacial score (nSPS) is 20.5. The zero-order valence-corrected chi connectivity index (χ0v) is 12.5. The molecular weight excluding hydrogens is 280 g/mol. The molecule has 1 amide bonds. The molecule has 19 heavy (non-hydrogen) atoms. The maximum atomic E-state index is 12.6. The molecule has 0 spiro atoms. The summed E-state index contributed by atoms with van der Waals surface area (Å²) in [6, 6.07) is 4.14. The van der Waals surface area contributed by atoms with E-state index in [0.29, 0.717) is 16.3 Å². The fraction of sp³-hybridized carbons (Fsp3) is 0.643. The van der Waals surface area contributed by atoms with Gasteiger partial charge >= 0.3 is 0 Å². The average molecular weight is 299 g/mol. The molecule has 3 rings (SSSR count). The Labute approximate surface area is 122 Å². The molecule has 2 aliphatic rings. The minimum atomic E-state index is 0.179. The summed E-state index contributed by atoms with van der Waals surface area (Å²) in [6.07, 6.45) is 4.69. The van der Waals surface area contributed by atoms with Gasteiger partial charge in [0.25, 0.3) is 5.91 Å². The highest BCUT2D eigenvalue weighted by Crippen LogP contribution is 2.32. The molecule has 3 nitrogen and oxygen atoms in total. The predicted molar refractivity (Wildman–Crippen MR) is 79.0 cm³/mol. The van der Waals surface area contributed by atoms with E-state index in [1.54, 1.807) is 0 Å². The second kappa shape index (κ2) is 5.81. The van der Waals surface area contributed by atoms with Gasteiger partial charge in [-0.1, -0.05) is 11.6 Å². The van der Waals surface area contributed by atoms with E-state index < -0.39 is 0 Å². The zero-order chi connectivity index (χ0) is 13.2. The highest BCUT2D eigenvalue weighted by atomic mass is 35.5. The maximum Gasteiger partial charge on any atom is 0.264 e. The second-order valence-corrected chi connectivity index (χ2v) is 7.20. The van der Waals surface area contributed by atoms with Crippen molar-refractivity contribution in [2.45, 2.75) is 31.7 Å². The Bertz CT molecular complexity index is 452. The summed E-state index contributed by atoms with van der Waals surface area (Å²) in [6.45, 7) is 3.09. The van der Waals surface area contributed by atoms with E-state index >= 15 is 0 Å². The molecule has 1 aromatic rings. The van der Waals surface area contributed by atoms with Crippen molar-refractivity contribution in [1.82, 2.24) is 10.2 Å². The highest BCUT2D eigenvalue weighted by Gasteiger charge is 2.35. The Morgan fingerprint density at radius 2 is 2.05 bits per heavy atom. The molecule has 0 bridgehead atoms. The monoisotopic (exact) mass is 298 g/mol. The Balaban J connectivity index is 1.68. The number of nitrogens with zero attached hydrogens (tertiary/aromatic N) is 1. The second-order valence-electron chi connectivity index (χ2n) is 5.49. The fourth-order valence-corrected chi connectivity index (χ4v) is 3.70. The van der Waals surface area contributed by atoms with E-state index in [2.05, 4.69) is 10.2 Å². The SMILES string of the molecule is O=C(c1ccc(Cl)s1)N(CC1CCNCC1)C1CC1. The quantitative estimate of drug-likeness (QED) is 0.927. The summed E-state index contributed by atoms with van der Waals surface area (Å²) in [4.78, 5) is 15.5. The molecule has 0 unspecified atom stereocenters. The van der Waals surface area contributed by atoms with Crippen LogP contribution in [0.25, 0.3) is 0 Å².